The molecule has 2 atom stereocenters. The maximum Gasteiger partial charge on any atom is 0.254 e. The minimum Gasteiger partial charge on any atom is -0.336 e. The molecule has 130 valence electrons. The summed E-state index contributed by atoms with van der Waals surface area (Å²) >= 11 is 0. The molecule has 1 heterocycles. The third-order valence-electron chi connectivity index (χ3n) is 4.76. The first-order valence-electron chi connectivity index (χ1n) is 8.41. The second-order valence-corrected chi connectivity index (χ2v) is 6.53. The minimum atomic E-state index is -0.403. The second-order valence-electron chi connectivity index (χ2n) is 6.53. The van der Waals surface area contributed by atoms with Gasteiger partial charge in [-0.15, -0.1) is 0 Å². The van der Waals surface area contributed by atoms with Gasteiger partial charge in [0.05, 0.1) is 5.56 Å². The highest BCUT2D eigenvalue weighted by molar-refractivity contribution is 6.15. The molecule has 5 heteroatoms. The van der Waals surface area contributed by atoms with Gasteiger partial charge in [-0.2, -0.15) is 0 Å². The summed E-state index contributed by atoms with van der Waals surface area (Å²) in [6, 6.07) is 12.2. The Morgan fingerprint density at radius 3 is 2.36 bits per heavy atom. The molecule has 0 bridgehead atoms. The summed E-state index contributed by atoms with van der Waals surface area (Å²) < 4.78 is 13.1. The van der Waals surface area contributed by atoms with E-state index in [9.17, 15) is 14.0 Å². The van der Waals surface area contributed by atoms with Crippen molar-refractivity contribution in [3.8, 4) is 0 Å². The van der Waals surface area contributed by atoms with Crippen LogP contribution in [0.3, 0.4) is 0 Å². The Balaban J connectivity index is 1.92. The standard InChI is InChI=1S/C20H21FN2O2/c1-13-10-14(11-22)12-23(13)20(25)18-5-3-2-4-17(18)19(24)15-6-8-16(21)9-7-15/h2-9,13-14H,10-12,22H2,1H3. The molecule has 0 spiro atoms. The first-order valence-corrected chi connectivity index (χ1v) is 8.41. The van der Waals surface area contributed by atoms with Gasteiger partial charge in [0.2, 0.25) is 0 Å². The van der Waals surface area contributed by atoms with Gasteiger partial charge >= 0.3 is 0 Å². The number of hydrogen-bond donors (Lipinski definition) is 1. The fourth-order valence-corrected chi connectivity index (χ4v) is 3.38. The molecule has 1 saturated heterocycles. The van der Waals surface area contributed by atoms with Crippen molar-refractivity contribution in [2.75, 3.05) is 13.1 Å². The van der Waals surface area contributed by atoms with Crippen LogP contribution in [-0.4, -0.2) is 35.7 Å². The SMILES string of the molecule is CC1CC(CN)CN1C(=O)c1ccccc1C(=O)c1ccc(F)cc1. The molecule has 1 aliphatic rings. The molecule has 0 radical (unpaired) electrons. The quantitative estimate of drug-likeness (QED) is 0.871. The largest absolute Gasteiger partial charge is 0.336 e. The molecule has 1 amide bonds. The topological polar surface area (TPSA) is 63.4 Å². The molecule has 2 unspecified atom stereocenters. The molecule has 0 aromatic heterocycles. The number of rotatable bonds is 4. The average molecular weight is 340 g/mol. The number of nitrogens with two attached hydrogens (primary N) is 1. The highest BCUT2D eigenvalue weighted by Crippen LogP contribution is 2.26. The van der Waals surface area contributed by atoms with E-state index in [0.29, 0.717) is 35.7 Å². The van der Waals surface area contributed by atoms with Gasteiger partial charge in [0.1, 0.15) is 5.82 Å². The van der Waals surface area contributed by atoms with E-state index in [1.165, 1.54) is 24.3 Å². The minimum absolute atomic E-state index is 0.0926. The summed E-state index contributed by atoms with van der Waals surface area (Å²) in [5.74, 6) is -0.556. The molecule has 0 saturated carbocycles. The van der Waals surface area contributed by atoms with Crippen LogP contribution in [0, 0.1) is 11.7 Å². The number of benzene rings is 2. The molecule has 2 aromatic carbocycles. The number of halogens is 1. The van der Waals surface area contributed by atoms with Gasteiger partial charge in [0, 0.05) is 23.7 Å². The Morgan fingerprint density at radius 1 is 1.12 bits per heavy atom. The van der Waals surface area contributed by atoms with Gasteiger partial charge in [-0.25, -0.2) is 4.39 Å². The maximum absolute atomic E-state index is 13.1. The number of carbonyl (C=O) groups excluding carboxylic acids is 2. The Morgan fingerprint density at radius 2 is 1.76 bits per heavy atom. The van der Waals surface area contributed by atoms with Gasteiger partial charge in [-0.1, -0.05) is 18.2 Å². The van der Waals surface area contributed by atoms with E-state index >= 15 is 0 Å². The monoisotopic (exact) mass is 340 g/mol. The lowest BCUT2D eigenvalue weighted by molar-refractivity contribution is 0.0739. The predicted octanol–water partition coefficient (Wildman–Crippen LogP) is 2.87. The summed E-state index contributed by atoms with van der Waals surface area (Å²) in [6.07, 6.45) is 0.871. The first-order chi connectivity index (χ1) is 12.0. The normalized spacial score (nSPS) is 19.9. The van der Waals surface area contributed by atoms with Crippen LogP contribution in [-0.2, 0) is 0 Å². The van der Waals surface area contributed by atoms with Gasteiger partial charge in [0.25, 0.3) is 5.91 Å². The van der Waals surface area contributed by atoms with Crippen LogP contribution in [0.25, 0.3) is 0 Å². The van der Waals surface area contributed by atoms with Crippen LogP contribution < -0.4 is 5.73 Å². The lowest BCUT2D eigenvalue weighted by Gasteiger charge is -2.22. The molecule has 2 N–H and O–H groups in total. The summed E-state index contributed by atoms with van der Waals surface area (Å²) in [6.45, 7) is 3.15. The third kappa shape index (κ3) is 3.46. The third-order valence-corrected chi connectivity index (χ3v) is 4.76. The smallest absolute Gasteiger partial charge is 0.254 e. The van der Waals surface area contributed by atoms with Crippen LogP contribution in [0.5, 0.6) is 0 Å². The molecule has 0 aliphatic carbocycles. The maximum atomic E-state index is 13.1. The fraction of sp³-hybridized carbons (Fsp3) is 0.300. The zero-order valence-corrected chi connectivity index (χ0v) is 14.1. The molecule has 3 rings (SSSR count). The molecular formula is C20H21FN2O2. The number of ketones is 1. The summed E-state index contributed by atoms with van der Waals surface area (Å²) in [5, 5.41) is 0. The average Bonchev–Trinajstić information content (AvgIpc) is 3.02. The van der Waals surface area contributed by atoms with Crippen LogP contribution in [0.1, 0.15) is 39.6 Å². The van der Waals surface area contributed by atoms with E-state index in [1.54, 1.807) is 29.2 Å². The lowest BCUT2D eigenvalue weighted by Crippen LogP contribution is -2.35. The molecule has 1 fully saturated rings. The summed E-state index contributed by atoms with van der Waals surface area (Å²) in [7, 11) is 0. The molecule has 4 nitrogen and oxygen atoms in total. The van der Waals surface area contributed by atoms with E-state index < -0.39 is 5.82 Å². The van der Waals surface area contributed by atoms with Crippen molar-refractivity contribution in [1.29, 1.82) is 0 Å². The number of likely N-dealkylation sites (tertiary alicyclic amines) is 1. The van der Waals surface area contributed by atoms with Gasteiger partial charge in [-0.05, 0) is 56.1 Å². The summed E-state index contributed by atoms with van der Waals surface area (Å²) in [4.78, 5) is 27.6. The van der Waals surface area contributed by atoms with Gasteiger partial charge < -0.3 is 10.6 Å². The van der Waals surface area contributed by atoms with Crippen molar-refractivity contribution in [3.05, 3.63) is 71.0 Å². The fourth-order valence-electron chi connectivity index (χ4n) is 3.38. The zero-order valence-electron chi connectivity index (χ0n) is 14.1. The van der Waals surface area contributed by atoms with Gasteiger partial charge in [-0.3, -0.25) is 9.59 Å². The number of amides is 1. The van der Waals surface area contributed by atoms with Crippen molar-refractivity contribution in [2.45, 2.75) is 19.4 Å². The summed E-state index contributed by atoms with van der Waals surface area (Å²) in [5.41, 5.74) is 6.81. The van der Waals surface area contributed by atoms with Gasteiger partial charge in [0.15, 0.2) is 5.78 Å². The Kier molecular flexibility index (Phi) is 4.95. The van der Waals surface area contributed by atoms with Crippen molar-refractivity contribution in [1.82, 2.24) is 4.90 Å². The van der Waals surface area contributed by atoms with E-state index in [-0.39, 0.29) is 17.7 Å². The van der Waals surface area contributed by atoms with E-state index in [2.05, 4.69) is 0 Å². The Bertz CT molecular complexity index is 789. The molecule has 25 heavy (non-hydrogen) atoms. The second kappa shape index (κ2) is 7.15. The van der Waals surface area contributed by atoms with Crippen molar-refractivity contribution in [2.24, 2.45) is 11.7 Å². The predicted molar refractivity (Wildman–Crippen MR) is 93.9 cm³/mol. The van der Waals surface area contributed by atoms with Crippen LogP contribution in [0.2, 0.25) is 0 Å². The Hall–Kier alpha value is -2.53. The van der Waals surface area contributed by atoms with Crippen molar-refractivity contribution in [3.63, 3.8) is 0 Å². The zero-order chi connectivity index (χ0) is 18.0. The highest BCUT2D eigenvalue weighted by atomic mass is 19.1. The first kappa shape index (κ1) is 17.3. The lowest BCUT2D eigenvalue weighted by atomic mass is 9.97. The van der Waals surface area contributed by atoms with E-state index in [4.69, 9.17) is 5.73 Å². The number of nitrogens with zero attached hydrogens (tertiary/aromatic N) is 1. The molecule has 1 aliphatic heterocycles. The van der Waals surface area contributed by atoms with Crippen LogP contribution in [0.4, 0.5) is 4.39 Å². The highest BCUT2D eigenvalue weighted by Gasteiger charge is 2.33. The van der Waals surface area contributed by atoms with E-state index in [1.807, 2.05) is 6.92 Å². The van der Waals surface area contributed by atoms with Crippen LogP contribution in [0.15, 0.2) is 48.5 Å². The van der Waals surface area contributed by atoms with Crippen LogP contribution >= 0.6 is 0 Å². The van der Waals surface area contributed by atoms with E-state index in [0.717, 1.165) is 6.42 Å². The van der Waals surface area contributed by atoms with Crippen molar-refractivity contribution >= 4 is 11.7 Å². The Labute approximate surface area is 146 Å². The molecule has 2 aromatic rings. The number of hydrogen-bond acceptors (Lipinski definition) is 3. The molecular weight excluding hydrogens is 319 g/mol. The van der Waals surface area contributed by atoms with Crippen molar-refractivity contribution < 1.29 is 14.0 Å². The number of carbonyl (C=O) groups is 2.